The van der Waals surface area contributed by atoms with Gasteiger partial charge in [0.25, 0.3) is 0 Å². The molecule has 3 rings (SSSR count). The molecule has 0 bridgehead atoms. The Morgan fingerprint density at radius 3 is 2.71 bits per heavy atom. The van der Waals surface area contributed by atoms with Crippen molar-refractivity contribution in [3.63, 3.8) is 0 Å². The van der Waals surface area contributed by atoms with Crippen molar-refractivity contribution in [1.82, 2.24) is 4.98 Å². The number of benzene rings is 2. The molecule has 3 N–H and O–H groups in total. The number of carbonyl (C=O) groups excluding carboxylic acids is 1. The van der Waals surface area contributed by atoms with Crippen LogP contribution in [-0.2, 0) is 11.2 Å². The highest BCUT2D eigenvalue weighted by atomic mass is 19.1. The van der Waals surface area contributed by atoms with Gasteiger partial charge in [-0.2, -0.15) is 0 Å². The van der Waals surface area contributed by atoms with Gasteiger partial charge in [-0.05, 0) is 42.7 Å². The van der Waals surface area contributed by atoms with E-state index in [0.717, 1.165) is 16.5 Å². The summed E-state index contributed by atoms with van der Waals surface area (Å²) in [5.41, 5.74) is 8.39. The van der Waals surface area contributed by atoms with Crippen LogP contribution < -0.4 is 11.1 Å². The number of hydrogen-bond acceptors (Lipinski definition) is 3. The Morgan fingerprint density at radius 1 is 1.17 bits per heavy atom. The number of aromatic nitrogens is 1. The number of aryl methyl sites for hydroxylation is 1. The lowest BCUT2D eigenvalue weighted by molar-refractivity contribution is -0.117. The molecule has 1 amide bonds. The lowest BCUT2D eigenvalue weighted by atomic mass is 10.1. The zero-order valence-corrected chi connectivity index (χ0v) is 13.1. The average Bonchev–Trinajstić information content (AvgIpc) is 2.61. The van der Waals surface area contributed by atoms with E-state index in [1.165, 1.54) is 12.1 Å². The maximum absolute atomic E-state index is 12.9. The Morgan fingerprint density at radius 2 is 1.92 bits per heavy atom. The Balaban J connectivity index is 1.59. The van der Waals surface area contributed by atoms with E-state index < -0.39 is 6.04 Å². The minimum atomic E-state index is -0.637. The van der Waals surface area contributed by atoms with Gasteiger partial charge in [0.05, 0.1) is 23.4 Å². The lowest BCUT2D eigenvalue weighted by Crippen LogP contribution is -2.36. The topological polar surface area (TPSA) is 68.0 Å². The summed E-state index contributed by atoms with van der Waals surface area (Å²) in [6, 6.07) is 15.1. The monoisotopic (exact) mass is 323 g/mol. The molecular weight excluding hydrogens is 305 g/mol. The van der Waals surface area contributed by atoms with E-state index >= 15 is 0 Å². The van der Waals surface area contributed by atoms with Crippen LogP contribution in [0.1, 0.15) is 12.0 Å². The number of nitrogens with one attached hydrogen (secondary N) is 1. The van der Waals surface area contributed by atoms with Gasteiger partial charge in [0, 0.05) is 5.39 Å². The SMILES string of the molecule is N[C@H](CCc1ccc(F)cc1)C(=O)Nc1cnc2ccccc2c1. The fraction of sp³-hybridized carbons (Fsp3) is 0.158. The van der Waals surface area contributed by atoms with Crippen LogP contribution in [0.15, 0.2) is 60.8 Å². The van der Waals surface area contributed by atoms with Crippen molar-refractivity contribution in [2.75, 3.05) is 5.32 Å². The van der Waals surface area contributed by atoms with E-state index in [0.29, 0.717) is 18.5 Å². The second-order valence-electron chi connectivity index (χ2n) is 5.68. The maximum Gasteiger partial charge on any atom is 0.241 e. The number of para-hydroxylation sites is 1. The molecule has 5 heteroatoms. The van der Waals surface area contributed by atoms with E-state index in [-0.39, 0.29) is 11.7 Å². The highest BCUT2D eigenvalue weighted by Gasteiger charge is 2.14. The van der Waals surface area contributed by atoms with Gasteiger partial charge >= 0.3 is 0 Å². The zero-order chi connectivity index (χ0) is 16.9. The third-order valence-electron chi connectivity index (χ3n) is 3.85. The Kier molecular flexibility index (Phi) is 4.82. The van der Waals surface area contributed by atoms with Gasteiger partial charge in [0.1, 0.15) is 5.82 Å². The predicted molar refractivity (Wildman–Crippen MR) is 93.1 cm³/mol. The third kappa shape index (κ3) is 3.94. The smallest absolute Gasteiger partial charge is 0.241 e. The van der Waals surface area contributed by atoms with Gasteiger partial charge < -0.3 is 11.1 Å². The molecule has 1 aromatic heterocycles. The van der Waals surface area contributed by atoms with Gasteiger partial charge in [-0.15, -0.1) is 0 Å². The molecule has 0 spiro atoms. The molecule has 0 saturated heterocycles. The Labute approximate surface area is 139 Å². The first-order valence-electron chi connectivity index (χ1n) is 7.77. The van der Waals surface area contributed by atoms with Crippen molar-refractivity contribution in [3.05, 3.63) is 72.2 Å². The number of pyridine rings is 1. The second kappa shape index (κ2) is 7.19. The van der Waals surface area contributed by atoms with Crippen LogP contribution in [0, 0.1) is 5.82 Å². The van der Waals surface area contributed by atoms with E-state index in [1.807, 2.05) is 30.3 Å². The number of amides is 1. The predicted octanol–water partition coefficient (Wildman–Crippen LogP) is 3.27. The number of anilines is 1. The summed E-state index contributed by atoms with van der Waals surface area (Å²) in [5, 5.41) is 3.75. The highest BCUT2D eigenvalue weighted by molar-refractivity contribution is 5.96. The first-order chi connectivity index (χ1) is 11.6. The quantitative estimate of drug-likeness (QED) is 0.757. The van der Waals surface area contributed by atoms with Crippen molar-refractivity contribution in [3.8, 4) is 0 Å². The number of halogens is 1. The van der Waals surface area contributed by atoms with E-state index in [4.69, 9.17) is 5.73 Å². The molecule has 24 heavy (non-hydrogen) atoms. The largest absolute Gasteiger partial charge is 0.323 e. The van der Waals surface area contributed by atoms with E-state index in [2.05, 4.69) is 10.3 Å². The molecule has 0 fully saturated rings. The molecule has 1 atom stereocenters. The van der Waals surface area contributed by atoms with Gasteiger partial charge in [-0.25, -0.2) is 4.39 Å². The first kappa shape index (κ1) is 16.1. The van der Waals surface area contributed by atoms with Gasteiger partial charge in [-0.1, -0.05) is 30.3 Å². The standard InChI is InChI=1S/C19H18FN3O/c20-15-8-5-13(6-9-15)7-10-17(21)19(24)23-16-11-14-3-1-2-4-18(14)22-12-16/h1-6,8-9,11-12,17H,7,10,21H2,(H,23,24)/t17-/m1/s1. The lowest BCUT2D eigenvalue weighted by Gasteiger charge is -2.12. The van der Waals surface area contributed by atoms with Crippen molar-refractivity contribution < 1.29 is 9.18 Å². The summed E-state index contributed by atoms with van der Waals surface area (Å²) < 4.78 is 12.9. The van der Waals surface area contributed by atoms with Crippen LogP contribution >= 0.6 is 0 Å². The minimum Gasteiger partial charge on any atom is -0.323 e. The fourth-order valence-electron chi connectivity index (χ4n) is 2.48. The molecule has 0 aliphatic carbocycles. The van der Waals surface area contributed by atoms with E-state index in [1.54, 1.807) is 18.3 Å². The number of nitrogens with two attached hydrogens (primary N) is 1. The van der Waals surface area contributed by atoms with Crippen LogP contribution in [0.3, 0.4) is 0 Å². The summed E-state index contributed by atoms with van der Waals surface area (Å²) in [6.45, 7) is 0. The maximum atomic E-state index is 12.9. The molecule has 4 nitrogen and oxygen atoms in total. The van der Waals surface area contributed by atoms with Crippen molar-refractivity contribution >= 4 is 22.5 Å². The first-order valence-corrected chi connectivity index (χ1v) is 7.77. The Bertz CT molecular complexity index is 849. The van der Waals surface area contributed by atoms with Gasteiger partial charge in [0.15, 0.2) is 0 Å². The van der Waals surface area contributed by atoms with Crippen molar-refractivity contribution in [2.24, 2.45) is 5.73 Å². The average molecular weight is 323 g/mol. The molecule has 122 valence electrons. The van der Waals surface area contributed by atoms with Crippen LogP contribution in [0.2, 0.25) is 0 Å². The Hall–Kier alpha value is -2.79. The number of rotatable bonds is 5. The molecule has 0 radical (unpaired) electrons. The number of carbonyl (C=O) groups is 1. The summed E-state index contributed by atoms with van der Waals surface area (Å²) in [5.74, 6) is -0.529. The number of hydrogen-bond donors (Lipinski definition) is 2. The molecule has 0 aliphatic rings. The van der Waals surface area contributed by atoms with Gasteiger partial charge in [-0.3, -0.25) is 9.78 Å². The zero-order valence-electron chi connectivity index (χ0n) is 13.1. The van der Waals surface area contributed by atoms with Crippen LogP contribution in [-0.4, -0.2) is 16.9 Å². The highest BCUT2D eigenvalue weighted by Crippen LogP contribution is 2.16. The van der Waals surface area contributed by atoms with Crippen LogP contribution in [0.25, 0.3) is 10.9 Å². The summed E-state index contributed by atoms with van der Waals surface area (Å²) in [4.78, 5) is 16.5. The fourth-order valence-corrected chi connectivity index (χ4v) is 2.48. The third-order valence-corrected chi connectivity index (χ3v) is 3.85. The molecular formula is C19H18FN3O. The number of nitrogens with zero attached hydrogens (tertiary/aromatic N) is 1. The minimum absolute atomic E-state index is 0.255. The molecule has 0 unspecified atom stereocenters. The van der Waals surface area contributed by atoms with Crippen molar-refractivity contribution in [1.29, 1.82) is 0 Å². The molecule has 0 saturated carbocycles. The van der Waals surface area contributed by atoms with Crippen molar-refractivity contribution in [2.45, 2.75) is 18.9 Å². The summed E-state index contributed by atoms with van der Waals surface area (Å²) >= 11 is 0. The molecule has 2 aromatic carbocycles. The normalized spacial score (nSPS) is 12.1. The summed E-state index contributed by atoms with van der Waals surface area (Å²) in [7, 11) is 0. The van der Waals surface area contributed by atoms with Crippen LogP contribution in [0.4, 0.5) is 10.1 Å². The van der Waals surface area contributed by atoms with Crippen LogP contribution in [0.5, 0.6) is 0 Å². The van der Waals surface area contributed by atoms with Gasteiger partial charge in [0.2, 0.25) is 5.91 Å². The number of fused-ring (bicyclic) bond motifs is 1. The molecule has 0 aliphatic heterocycles. The molecule has 1 heterocycles. The second-order valence-corrected chi connectivity index (χ2v) is 5.68. The summed E-state index contributed by atoms with van der Waals surface area (Å²) in [6.07, 6.45) is 2.72. The van der Waals surface area contributed by atoms with E-state index in [9.17, 15) is 9.18 Å². The molecule has 3 aromatic rings.